The molecule has 1 fully saturated rings. The molecule has 3 unspecified atom stereocenters. The second-order valence-corrected chi connectivity index (χ2v) is 3.92. The Morgan fingerprint density at radius 2 is 1.75 bits per heavy atom. The number of rotatable bonds is 3. The molecule has 5 atom stereocenters. The molecule has 1 aliphatic rings. The van der Waals surface area contributed by atoms with Crippen LogP contribution >= 0.6 is 0 Å². The van der Waals surface area contributed by atoms with E-state index in [1.165, 1.54) is 0 Å². The first-order chi connectivity index (χ1) is 7.26. The van der Waals surface area contributed by atoms with Gasteiger partial charge in [0.2, 0.25) is 5.91 Å². The minimum atomic E-state index is -2.33. The summed E-state index contributed by atoms with van der Waals surface area (Å²) in [4.78, 5) is 0. The summed E-state index contributed by atoms with van der Waals surface area (Å²) in [6.07, 6.45) is -5.63. The zero-order chi connectivity index (χ0) is 12.5. The van der Waals surface area contributed by atoms with Crippen LogP contribution in [0.5, 0.6) is 0 Å². The fraction of sp³-hybridized carbons (Fsp3) is 1.00. The number of nitrogens with one attached hydrogen (secondary N) is 1. The van der Waals surface area contributed by atoms with E-state index in [1.54, 1.807) is 0 Å². The maximum atomic E-state index is 9.59. The SMILES string of the molecule is CC(O)(O)NC1C(O)OC(CO)[C@@H](O)[C@H]1O. The summed E-state index contributed by atoms with van der Waals surface area (Å²) in [5.74, 6) is -2.33. The molecule has 1 saturated heterocycles. The van der Waals surface area contributed by atoms with Gasteiger partial charge in [-0.25, -0.2) is 0 Å². The van der Waals surface area contributed by atoms with Crippen molar-refractivity contribution in [3.63, 3.8) is 0 Å². The summed E-state index contributed by atoms with van der Waals surface area (Å²) in [6, 6.07) is -1.28. The van der Waals surface area contributed by atoms with Crippen molar-refractivity contribution in [3.05, 3.63) is 0 Å². The number of aliphatic hydroxyl groups is 6. The first-order valence-electron chi connectivity index (χ1n) is 4.79. The zero-order valence-corrected chi connectivity index (χ0v) is 8.69. The molecule has 0 radical (unpaired) electrons. The normalized spacial score (nSPS) is 41.1. The molecule has 0 aromatic heterocycles. The van der Waals surface area contributed by atoms with E-state index in [-0.39, 0.29) is 0 Å². The first kappa shape index (κ1) is 13.7. The van der Waals surface area contributed by atoms with E-state index in [4.69, 9.17) is 20.1 Å². The maximum Gasteiger partial charge on any atom is 0.219 e. The molecule has 0 spiro atoms. The standard InChI is InChI=1S/C8H17NO7/c1-8(14,15)9-4-6(12)5(11)3(2-10)16-7(4)13/h3-7,9-15H,2H2,1H3/t3?,4?,5-,6+,7?/m1/s1. The Bertz CT molecular complexity index is 231. The molecular weight excluding hydrogens is 222 g/mol. The van der Waals surface area contributed by atoms with Crippen LogP contribution in [0.3, 0.4) is 0 Å². The Morgan fingerprint density at radius 1 is 1.19 bits per heavy atom. The van der Waals surface area contributed by atoms with Crippen LogP contribution in [0.4, 0.5) is 0 Å². The van der Waals surface area contributed by atoms with Crippen LogP contribution in [0, 0.1) is 0 Å². The van der Waals surface area contributed by atoms with Gasteiger partial charge in [-0.2, -0.15) is 0 Å². The fourth-order valence-electron chi connectivity index (χ4n) is 1.57. The third kappa shape index (κ3) is 3.09. The summed E-state index contributed by atoms with van der Waals surface area (Å²) in [5, 5.41) is 57.5. The van der Waals surface area contributed by atoms with Crippen LogP contribution in [0.1, 0.15) is 6.92 Å². The molecule has 7 N–H and O–H groups in total. The van der Waals surface area contributed by atoms with Gasteiger partial charge in [-0.15, -0.1) is 0 Å². The minimum absolute atomic E-state index is 0.572. The van der Waals surface area contributed by atoms with Gasteiger partial charge in [-0.3, -0.25) is 5.32 Å². The summed E-state index contributed by atoms with van der Waals surface area (Å²) in [6.45, 7) is 0.411. The van der Waals surface area contributed by atoms with Crippen molar-refractivity contribution in [2.45, 2.75) is 43.5 Å². The lowest BCUT2D eigenvalue weighted by molar-refractivity contribution is -0.277. The molecule has 0 aromatic rings. The highest BCUT2D eigenvalue weighted by Gasteiger charge is 2.45. The second-order valence-electron chi connectivity index (χ2n) is 3.92. The summed E-state index contributed by atoms with van der Waals surface area (Å²) in [7, 11) is 0. The van der Waals surface area contributed by atoms with E-state index in [0.29, 0.717) is 0 Å². The fourth-order valence-corrected chi connectivity index (χ4v) is 1.57. The Hall–Kier alpha value is -0.320. The molecule has 96 valence electrons. The van der Waals surface area contributed by atoms with Gasteiger partial charge in [-0.1, -0.05) is 0 Å². The third-order valence-corrected chi connectivity index (χ3v) is 2.34. The van der Waals surface area contributed by atoms with E-state index in [1.807, 2.05) is 0 Å². The molecule has 0 amide bonds. The molecule has 0 saturated carbocycles. The van der Waals surface area contributed by atoms with E-state index < -0.39 is 43.2 Å². The lowest BCUT2D eigenvalue weighted by Gasteiger charge is -2.42. The zero-order valence-electron chi connectivity index (χ0n) is 8.69. The van der Waals surface area contributed by atoms with Gasteiger partial charge in [0, 0.05) is 6.92 Å². The minimum Gasteiger partial charge on any atom is -0.394 e. The lowest BCUT2D eigenvalue weighted by atomic mass is 9.97. The van der Waals surface area contributed by atoms with Crippen LogP contribution in [0.15, 0.2) is 0 Å². The van der Waals surface area contributed by atoms with Crippen molar-refractivity contribution in [1.29, 1.82) is 0 Å². The van der Waals surface area contributed by atoms with Crippen LogP contribution < -0.4 is 5.32 Å². The molecule has 16 heavy (non-hydrogen) atoms. The molecule has 1 rings (SSSR count). The number of ether oxygens (including phenoxy) is 1. The van der Waals surface area contributed by atoms with Crippen molar-refractivity contribution in [1.82, 2.24) is 5.32 Å². The predicted molar refractivity (Wildman–Crippen MR) is 49.7 cm³/mol. The Labute approximate surface area is 91.7 Å². The maximum absolute atomic E-state index is 9.59. The molecule has 1 heterocycles. The first-order valence-corrected chi connectivity index (χ1v) is 4.79. The van der Waals surface area contributed by atoms with Gasteiger partial charge in [0.05, 0.1) is 12.6 Å². The van der Waals surface area contributed by atoms with E-state index in [2.05, 4.69) is 5.32 Å². The van der Waals surface area contributed by atoms with Crippen molar-refractivity contribution < 1.29 is 35.4 Å². The Balaban J connectivity index is 2.72. The molecular formula is C8H17NO7. The van der Waals surface area contributed by atoms with Crippen LogP contribution in [-0.2, 0) is 4.74 Å². The van der Waals surface area contributed by atoms with Crippen LogP contribution in [0.25, 0.3) is 0 Å². The number of aliphatic hydroxyl groups excluding tert-OH is 4. The van der Waals surface area contributed by atoms with Gasteiger partial charge in [-0.05, 0) is 0 Å². The molecule has 0 aliphatic carbocycles. The topological polar surface area (TPSA) is 143 Å². The highest BCUT2D eigenvalue weighted by Crippen LogP contribution is 2.20. The quantitative estimate of drug-likeness (QED) is 0.247. The van der Waals surface area contributed by atoms with Gasteiger partial charge in [0.25, 0.3) is 0 Å². The monoisotopic (exact) mass is 239 g/mol. The molecule has 8 heteroatoms. The van der Waals surface area contributed by atoms with Crippen LogP contribution in [-0.4, -0.2) is 73.8 Å². The van der Waals surface area contributed by atoms with E-state index in [0.717, 1.165) is 6.92 Å². The molecule has 0 aromatic carbocycles. The van der Waals surface area contributed by atoms with Gasteiger partial charge in [0.15, 0.2) is 6.29 Å². The van der Waals surface area contributed by atoms with Crippen molar-refractivity contribution in [3.8, 4) is 0 Å². The highest BCUT2D eigenvalue weighted by atomic mass is 16.6. The number of hydrogen-bond donors (Lipinski definition) is 7. The van der Waals surface area contributed by atoms with Crippen molar-refractivity contribution in [2.24, 2.45) is 0 Å². The van der Waals surface area contributed by atoms with E-state index >= 15 is 0 Å². The summed E-state index contributed by atoms with van der Waals surface area (Å²) in [5.41, 5.74) is 0. The molecule has 1 aliphatic heterocycles. The average Bonchev–Trinajstić information content (AvgIpc) is 2.17. The highest BCUT2D eigenvalue weighted by molar-refractivity contribution is 4.93. The largest absolute Gasteiger partial charge is 0.394 e. The lowest BCUT2D eigenvalue weighted by Crippen LogP contribution is -2.66. The van der Waals surface area contributed by atoms with Gasteiger partial charge < -0.3 is 35.4 Å². The second kappa shape index (κ2) is 4.90. The van der Waals surface area contributed by atoms with E-state index in [9.17, 15) is 15.3 Å². The predicted octanol–water partition coefficient (Wildman–Crippen LogP) is -3.97. The van der Waals surface area contributed by atoms with Crippen LogP contribution in [0.2, 0.25) is 0 Å². The third-order valence-electron chi connectivity index (χ3n) is 2.34. The smallest absolute Gasteiger partial charge is 0.219 e. The Morgan fingerprint density at radius 3 is 2.19 bits per heavy atom. The molecule has 8 nitrogen and oxygen atoms in total. The average molecular weight is 239 g/mol. The summed E-state index contributed by atoms with van der Waals surface area (Å²) < 4.78 is 4.79. The molecule has 0 bridgehead atoms. The van der Waals surface area contributed by atoms with Gasteiger partial charge >= 0.3 is 0 Å². The van der Waals surface area contributed by atoms with Crippen molar-refractivity contribution >= 4 is 0 Å². The Kier molecular flexibility index (Phi) is 4.21. The van der Waals surface area contributed by atoms with Crippen molar-refractivity contribution in [2.75, 3.05) is 6.61 Å². The summed E-state index contributed by atoms with van der Waals surface area (Å²) >= 11 is 0. The van der Waals surface area contributed by atoms with Gasteiger partial charge in [0.1, 0.15) is 18.3 Å². The number of hydrogen-bond acceptors (Lipinski definition) is 8.